The van der Waals surface area contributed by atoms with Gasteiger partial charge in [-0.05, 0) is 54.3 Å². The second kappa shape index (κ2) is 7.40. The minimum Gasteiger partial charge on any atom is -0.355 e. The van der Waals surface area contributed by atoms with Crippen molar-refractivity contribution in [2.24, 2.45) is 5.92 Å². The van der Waals surface area contributed by atoms with Gasteiger partial charge in [-0.2, -0.15) is 0 Å². The lowest BCUT2D eigenvalue weighted by molar-refractivity contribution is -0.123. The average molecular weight is 356 g/mol. The Bertz CT molecular complexity index is 732. The predicted octanol–water partition coefficient (Wildman–Crippen LogP) is 4.19. The highest BCUT2D eigenvalue weighted by Crippen LogP contribution is 2.48. The van der Waals surface area contributed by atoms with Gasteiger partial charge < -0.3 is 10.6 Å². The predicted molar refractivity (Wildman–Crippen MR) is 102 cm³/mol. The van der Waals surface area contributed by atoms with E-state index in [2.05, 4.69) is 24.5 Å². The summed E-state index contributed by atoms with van der Waals surface area (Å²) in [5, 5.41) is 7.85. The van der Waals surface area contributed by atoms with E-state index >= 15 is 0 Å². The highest BCUT2D eigenvalue weighted by Gasteiger charge is 2.50. The fraction of sp³-hybridized carbons (Fsp3) is 0.400. The lowest BCUT2D eigenvalue weighted by Crippen LogP contribution is -2.35. The number of amides is 2. The van der Waals surface area contributed by atoms with E-state index in [0.717, 1.165) is 37.1 Å². The summed E-state index contributed by atoms with van der Waals surface area (Å²) in [5.41, 5.74) is 1.41. The van der Waals surface area contributed by atoms with E-state index < -0.39 is 0 Å². The molecule has 132 valence electrons. The van der Waals surface area contributed by atoms with Crippen molar-refractivity contribution >= 4 is 28.8 Å². The van der Waals surface area contributed by atoms with E-state index in [1.807, 2.05) is 35.7 Å². The third-order valence-corrected chi connectivity index (χ3v) is 5.50. The number of anilines is 1. The Hall–Kier alpha value is -2.14. The first kappa shape index (κ1) is 17.7. The van der Waals surface area contributed by atoms with Crippen molar-refractivity contribution in [3.63, 3.8) is 0 Å². The Morgan fingerprint density at radius 1 is 1.16 bits per heavy atom. The number of benzene rings is 1. The molecule has 2 amide bonds. The number of nitrogens with one attached hydrogen (secondary N) is 2. The molecular weight excluding hydrogens is 332 g/mol. The monoisotopic (exact) mass is 356 g/mol. The van der Waals surface area contributed by atoms with E-state index in [0.29, 0.717) is 10.8 Å². The fourth-order valence-corrected chi connectivity index (χ4v) is 3.51. The average Bonchev–Trinajstić information content (AvgIpc) is 3.21. The molecule has 1 aliphatic carbocycles. The van der Waals surface area contributed by atoms with Crippen LogP contribution in [0.1, 0.15) is 48.3 Å². The molecule has 1 aromatic heterocycles. The molecule has 0 unspecified atom stereocenters. The topological polar surface area (TPSA) is 58.2 Å². The van der Waals surface area contributed by atoms with Crippen LogP contribution in [0.25, 0.3) is 0 Å². The van der Waals surface area contributed by atoms with Gasteiger partial charge in [-0.3, -0.25) is 9.59 Å². The van der Waals surface area contributed by atoms with Crippen molar-refractivity contribution in [2.45, 2.75) is 38.5 Å². The molecule has 0 radical (unpaired) electrons. The molecule has 1 saturated carbocycles. The molecule has 2 N–H and O–H groups in total. The van der Waals surface area contributed by atoms with Gasteiger partial charge in [0.25, 0.3) is 5.91 Å². The third-order valence-electron chi connectivity index (χ3n) is 4.63. The smallest absolute Gasteiger partial charge is 0.265 e. The Morgan fingerprint density at radius 2 is 1.88 bits per heavy atom. The highest BCUT2D eigenvalue weighted by molar-refractivity contribution is 7.12. The molecule has 3 rings (SSSR count). The van der Waals surface area contributed by atoms with Crippen molar-refractivity contribution in [1.82, 2.24) is 5.32 Å². The summed E-state index contributed by atoms with van der Waals surface area (Å²) in [4.78, 5) is 25.3. The number of thiophene rings is 1. The van der Waals surface area contributed by atoms with Crippen LogP contribution in [0.15, 0.2) is 41.8 Å². The Morgan fingerprint density at radius 3 is 2.44 bits per heavy atom. The van der Waals surface area contributed by atoms with Crippen LogP contribution in [0.5, 0.6) is 0 Å². The van der Waals surface area contributed by atoms with Crippen LogP contribution in [-0.4, -0.2) is 18.4 Å². The first-order valence-corrected chi connectivity index (χ1v) is 9.63. The molecule has 0 saturated heterocycles. The molecule has 1 aliphatic rings. The lowest BCUT2D eigenvalue weighted by atomic mass is 9.94. The van der Waals surface area contributed by atoms with Crippen LogP contribution in [0.4, 0.5) is 5.69 Å². The molecule has 0 atom stereocenters. The Balaban J connectivity index is 1.61. The van der Waals surface area contributed by atoms with Gasteiger partial charge in [0.1, 0.15) is 0 Å². The number of carbonyl (C=O) groups is 2. The fourth-order valence-electron chi connectivity index (χ4n) is 2.89. The second-order valence-corrected chi connectivity index (χ2v) is 7.98. The molecule has 0 aliphatic heterocycles. The molecule has 2 aromatic rings. The maximum absolute atomic E-state index is 12.5. The molecule has 1 fully saturated rings. The summed E-state index contributed by atoms with van der Waals surface area (Å²) >= 11 is 1.42. The summed E-state index contributed by atoms with van der Waals surface area (Å²) in [6, 6.07) is 11.3. The van der Waals surface area contributed by atoms with Gasteiger partial charge in [0.05, 0.1) is 10.3 Å². The van der Waals surface area contributed by atoms with E-state index in [9.17, 15) is 9.59 Å². The number of carbonyl (C=O) groups excluding carboxylic acids is 2. The third kappa shape index (κ3) is 4.10. The van der Waals surface area contributed by atoms with Crippen LogP contribution in [0.3, 0.4) is 0 Å². The van der Waals surface area contributed by atoms with Gasteiger partial charge in [0.2, 0.25) is 5.91 Å². The zero-order valence-corrected chi connectivity index (χ0v) is 15.5. The van der Waals surface area contributed by atoms with E-state index in [-0.39, 0.29) is 17.2 Å². The normalized spacial score (nSPS) is 15.0. The zero-order valence-electron chi connectivity index (χ0n) is 14.7. The summed E-state index contributed by atoms with van der Waals surface area (Å²) in [6.07, 6.45) is 2.78. The van der Waals surface area contributed by atoms with Gasteiger partial charge in [-0.1, -0.05) is 32.0 Å². The van der Waals surface area contributed by atoms with Crippen LogP contribution < -0.4 is 10.6 Å². The summed E-state index contributed by atoms with van der Waals surface area (Å²) in [5.74, 6) is 0.612. The van der Waals surface area contributed by atoms with Crippen molar-refractivity contribution in [1.29, 1.82) is 0 Å². The van der Waals surface area contributed by atoms with Gasteiger partial charge in [0.15, 0.2) is 0 Å². The highest BCUT2D eigenvalue weighted by atomic mass is 32.1. The summed E-state index contributed by atoms with van der Waals surface area (Å²) in [7, 11) is 0. The van der Waals surface area contributed by atoms with Gasteiger partial charge in [-0.15, -0.1) is 11.3 Å². The minimum atomic E-state index is -0.368. The van der Waals surface area contributed by atoms with Crippen LogP contribution >= 0.6 is 11.3 Å². The maximum Gasteiger partial charge on any atom is 0.265 e. The van der Waals surface area contributed by atoms with Gasteiger partial charge in [0, 0.05) is 12.2 Å². The molecule has 5 heteroatoms. The maximum atomic E-state index is 12.5. The minimum absolute atomic E-state index is 0.102. The SMILES string of the molecule is CC(C)CCNC(=O)C1(c2ccc(NC(=O)c3cccs3)cc2)CC1. The van der Waals surface area contributed by atoms with Crippen LogP contribution in [-0.2, 0) is 10.2 Å². The first-order valence-electron chi connectivity index (χ1n) is 8.75. The standard InChI is InChI=1S/C20H24N2O2S/c1-14(2)9-12-21-19(24)20(10-11-20)15-5-7-16(8-6-15)22-18(23)17-4-3-13-25-17/h3-8,13-14H,9-12H2,1-2H3,(H,21,24)(H,22,23). The summed E-state index contributed by atoms with van der Waals surface area (Å²) in [6.45, 7) is 5.04. The number of rotatable bonds is 7. The lowest BCUT2D eigenvalue weighted by Gasteiger charge is -2.17. The van der Waals surface area contributed by atoms with Crippen molar-refractivity contribution in [3.8, 4) is 0 Å². The first-order chi connectivity index (χ1) is 12.0. The van der Waals surface area contributed by atoms with E-state index in [1.165, 1.54) is 11.3 Å². The molecule has 25 heavy (non-hydrogen) atoms. The molecule has 1 heterocycles. The van der Waals surface area contributed by atoms with Gasteiger partial charge in [-0.25, -0.2) is 0 Å². The van der Waals surface area contributed by atoms with Crippen molar-refractivity contribution in [2.75, 3.05) is 11.9 Å². The largest absolute Gasteiger partial charge is 0.355 e. The van der Waals surface area contributed by atoms with Crippen molar-refractivity contribution in [3.05, 3.63) is 52.2 Å². The molecular formula is C20H24N2O2S. The Labute approximate surface area is 152 Å². The van der Waals surface area contributed by atoms with Crippen molar-refractivity contribution < 1.29 is 9.59 Å². The van der Waals surface area contributed by atoms with Crippen LogP contribution in [0, 0.1) is 5.92 Å². The molecule has 0 spiro atoms. The Kier molecular flexibility index (Phi) is 5.23. The number of hydrogen-bond acceptors (Lipinski definition) is 3. The van der Waals surface area contributed by atoms with E-state index in [4.69, 9.17) is 0 Å². The molecule has 4 nitrogen and oxygen atoms in total. The number of hydrogen-bond donors (Lipinski definition) is 2. The quantitative estimate of drug-likeness (QED) is 0.781. The molecule has 0 bridgehead atoms. The zero-order chi connectivity index (χ0) is 17.9. The van der Waals surface area contributed by atoms with E-state index in [1.54, 1.807) is 6.07 Å². The summed E-state index contributed by atoms with van der Waals surface area (Å²) < 4.78 is 0. The molecule has 1 aromatic carbocycles. The second-order valence-electron chi connectivity index (χ2n) is 7.03. The van der Waals surface area contributed by atoms with Crippen LogP contribution in [0.2, 0.25) is 0 Å². The van der Waals surface area contributed by atoms with Gasteiger partial charge >= 0.3 is 0 Å².